The minimum atomic E-state index is -0.559. The second-order valence-electron chi connectivity index (χ2n) is 9.19. The van der Waals surface area contributed by atoms with Crippen molar-refractivity contribution in [3.8, 4) is 11.4 Å². The molecule has 0 aliphatic carbocycles. The minimum absolute atomic E-state index is 0.559. The fraction of sp³-hybridized carbons (Fsp3) is 0.214. The largest absolute Gasteiger partial charge is 0.378 e. The molecule has 1 aliphatic heterocycles. The zero-order valence-electron chi connectivity index (χ0n) is 21.1. The van der Waals surface area contributed by atoms with Gasteiger partial charge in [-0.1, -0.05) is 36.4 Å². The number of H-pyrrole nitrogens is 1. The molecule has 0 spiro atoms. The molecule has 1 aliphatic rings. The Kier molecular flexibility index (Phi) is 7.28. The van der Waals surface area contributed by atoms with E-state index >= 15 is 0 Å². The van der Waals surface area contributed by atoms with Gasteiger partial charge in [0.05, 0.1) is 35.1 Å². The molecule has 0 saturated carbocycles. The van der Waals surface area contributed by atoms with Crippen molar-refractivity contribution in [1.82, 2.24) is 31.0 Å². The van der Waals surface area contributed by atoms with Crippen LogP contribution in [0.1, 0.15) is 16.0 Å². The zero-order valence-corrected chi connectivity index (χ0v) is 21.9. The van der Waals surface area contributed by atoms with Crippen molar-refractivity contribution in [1.29, 1.82) is 0 Å². The lowest BCUT2D eigenvalue weighted by Crippen LogP contribution is -2.36. The Labute approximate surface area is 228 Å². The van der Waals surface area contributed by atoms with Crippen LogP contribution in [0.25, 0.3) is 38.6 Å². The van der Waals surface area contributed by atoms with E-state index in [9.17, 15) is 4.79 Å². The average molecular weight is 542 g/mol. The molecule has 4 N–H and O–H groups in total. The van der Waals surface area contributed by atoms with E-state index in [0.717, 1.165) is 56.7 Å². The predicted molar refractivity (Wildman–Crippen MR) is 151 cm³/mol. The fourth-order valence-corrected chi connectivity index (χ4v) is 5.69. The molecule has 0 unspecified atom stereocenters. The Morgan fingerprint density at radius 1 is 1.13 bits per heavy atom. The Morgan fingerprint density at radius 2 is 1.97 bits per heavy atom. The van der Waals surface area contributed by atoms with Crippen LogP contribution in [-0.2, 0) is 22.6 Å². The predicted octanol–water partition coefficient (Wildman–Crippen LogP) is 3.88. The SMILES string of the molecule is O=C(/C=C/c1ccc(CNCc2cc3nc(-c4cccc5[nH]ncc45)nc(N4CCOCC4)c3s2)cc1)NO. The van der Waals surface area contributed by atoms with Gasteiger partial charge in [-0.3, -0.25) is 15.1 Å². The van der Waals surface area contributed by atoms with Gasteiger partial charge in [0, 0.05) is 48.1 Å². The van der Waals surface area contributed by atoms with Gasteiger partial charge in [-0.05, 0) is 29.3 Å². The summed E-state index contributed by atoms with van der Waals surface area (Å²) in [5.74, 6) is 1.09. The first-order chi connectivity index (χ1) is 19.2. The van der Waals surface area contributed by atoms with E-state index in [1.54, 1.807) is 22.9 Å². The number of carbonyl (C=O) groups excluding carboxylic acids is 1. The minimum Gasteiger partial charge on any atom is -0.378 e. The third kappa shape index (κ3) is 5.52. The third-order valence-corrected chi connectivity index (χ3v) is 7.71. The number of amides is 1. The van der Waals surface area contributed by atoms with E-state index in [4.69, 9.17) is 19.9 Å². The van der Waals surface area contributed by atoms with Crippen LogP contribution in [0, 0.1) is 0 Å². The number of nitrogens with one attached hydrogen (secondary N) is 3. The monoisotopic (exact) mass is 541 g/mol. The number of rotatable bonds is 8. The maximum Gasteiger partial charge on any atom is 0.267 e. The lowest BCUT2D eigenvalue weighted by Gasteiger charge is -2.28. The van der Waals surface area contributed by atoms with Crippen molar-refractivity contribution >= 4 is 50.3 Å². The number of morpholine rings is 1. The smallest absolute Gasteiger partial charge is 0.267 e. The molecule has 198 valence electrons. The molecule has 1 amide bonds. The third-order valence-electron chi connectivity index (χ3n) is 6.59. The maximum absolute atomic E-state index is 11.2. The van der Waals surface area contributed by atoms with Gasteiger partial charge in [-0.15, -0.1) is 11.3 Å². The number of ether oxygens (including phenoxy) is 1. The van der Waals surface area contributed by atoms with Crippen LogP contribution >= 0.6 is 11.3 Å². The highest BCUT2D eigenvalue weighted by Crippen LogP contribution is 2.35. The van der Waals surface area contributed by atoms with Crippen LogP contribution in [0.4, 0.5) is 5.82 Å². The number of nitrogens with zero attached hydrogens (tertiary/aromatic N) is 4. The number of aromatic amines is 1. The maximum atomic E-state index is 11.2. The molecule has 3 aromatic heterocycles. The topological polar surface area (TPSA) is 128 Å². The summed E-state index contributed by atoms with van der Waals surface area (Å²) in [6.07, 6.45) is 4.75. The Balaban J connectivity index is 1.23. The van der Waals surface area contributed by atoms with Crippen molar-refractivity contribution in [2.45, 2.75) is 13.1 Å². The summed E-state index contributed by atoms with van der Waals surface area (Å²) < 4.78 is 6.68. The Morgan fingerprint density at radius 3 is 2.79 bits per heavy atom. The summed E-state index contributed by atoms with van der Waals surface area (Å²) in [5, 5.41) is 20.4. The van der Waals surface area contributed by atoms with Gasteiger partial charge in [-0.2, -0.15) is 5.10 Å². The average Bonchev–Trinajstić information content (AvgIpc) is 3.63. The summed E-state index contributed by atoms with van der Waals surface area (Å²) in [6, 6.07) is 16.1. The van der Waals surface area contributed by atoms with Gasteiger partial charge < -0.3 is 15.0 Å². The second-order valence-corrected chi connectivity index (χ2v) is 10.3. The quantitative estimate of drug-likeness (QED) is 0.132. The molecular formula is C28H27N7O3S. The molecular weight excluding hydrogens is 514 g/mol. The fourth-order valence-electron chi connectivity index (χ4n) is 4.61. The zero-order chi connectivity index (χ0) is 26.6. The first-order valence-electron chi connectivity index (χ1n) is 12.7. The summed E-state index contributed by atoms with van der Waals surface area (Å²) in [4.78, 5) is 24.7. The molecule has 6 rings (SSSR count). The van der Waals surface area contributed by atoms with E-state index in [-0.39, 0.29) is 0 Å². The van der Waals surface area contributed by atoms with Gasteiger partial charge in [-0.25, -0.2) is 15.4 Å². The lowest BCUT2D eigenvalue weighted by atomic mass is 10.1. The summed E-state index contributed by atoms with van der Waals surface area (Å²) in [6.45, 7) is 4.35. The highest BCUT2D eigenvalue weighted by molar-refractivity contribution is 7.19. The van der Waals surface area contributed by atoms with Crippen molar-refractivity contribution < 1.29 is 14.7 Å². The molecule has 1 saturated heterocycles. The lowest BCUT2D eigenvalue weighted by molar-refractivity contribution is -0.124. The number of hydrogen-bond donors (Lipinski definition) is 4. The number of hydroxylamine groups is 1. The van der Waals surface area contributed by atoms with E-state index in [0.29, 0.717) is 32.1 Å². The summed E-state index contributed by atoms with van der Waals surface area (Å²) >= 11 is 1.72. The molecule has 1 fully saturated rings. The molecule has 5 aromatic rings. The van der Waals surface area contributed by atoms with Crippen molar-refractivity contribution in [2.75, 3.05) is 31.2 Å². The number of thiophene rings is 1. The summed E-state index contributed by atoms with van der Waals surface area (Å²) in [5.41, 5.74) is 6.44. The molecule has 10 nitrogen and oxygen atoms in total. The molecule has 0 radical (unpaired) electrons. The number of hydrogen-bond acceptors (Lipinski definition) is 9. The number of carbonyl (C=O) groups is 1. The number of anilines is 1. The van der Waals surface area contributed by atoms with Crippen LogP contribution in [0.3, 0.4) is 0 Å². The van der Waals surface area contributed by atoms with Crippen LogP contribution in [0.5, 0.6) is 0 Å². The van der Waals surface area contributed by atoms with E-state index in [1.165, 1.54) is 11.0 Å². The van der Waals surface area contributed by atoms with Crippen LogP contribution in [0.15, 0.2) is 60.8 Å². The second kappa shape index (κ2) is 11.3. The molecule has 0 atom stereocenters. The van der Waals surface area contributed by atoms with Crippen LogP contribution in [0.2, 0.25) is 0 Å². The van der Waals surface area contributed by atoms with Crippen molar-refractivity contribution in [2.24, 2.45) is 0 Å². The van der Waals surface area contributed by atoms with Crippen molar-refractivity contribution in [3.05, 3.63) is 76.8 Å². The number of benzene rings is 2. The number of fused-ring (bicyclic) bond motifs is 2. The normalized spacial score (nSPS) is 14.0. The van der Waals surface area contributed by atoms with E-state index in [1.807, 2.05) is 48.7 Å². The van der Waals surface area contributed by atoms with Gasteiger partial charge in [0.1, 0.15) is 0 Å². The van der Waals surface area contributed by atoms with Gasteiger partial charge in [0.15, 0.2) is 11.6 Å². The van der Waals surface area contributed by atoms with Gasteiger partial charge in [0.25, 0.3) is 5.91 Å². The van der Waals surface area contributed by atoms with Gasteiger partial charge in [0.2, 0.25) is 0 Å². The molecule has 11 heteroatoms. The van der Waals surface area contributed by atoms with Gasteiger partial charge >= 0.3 is 0 Å². The van der Waals surface area contributed by atoms with Crippen molar-refractivity contribution in [3.63, 3.8) is 0 Å². The highest BCUT2D eigenvalue weighted by atomic mass is 32.1. The standard InChI is InChI=1S/C28H27N7O3S/c36-25(34-37)9-8-18-4-6-19(7-5-18)15-29-16-20-14-24-26(39-20)28(35-10-12-38-13-11-35)32-27(31-24)21-2-1-3-23-22(21)17-30-33-23/h1-9,14,17,29,37H,10-13,15-16H2,(H,30,33)(H,34,36)/b9-8+. The van der Waals surface area contributed by atoms with Crippen LogP contribution < -0.4 is 15.7 Å². The number of aromatic nitrogens is 4. The van der Waals surface area contributed by atoms with E-state index < -0.39 is 5.91 Å². The van der Waals surface area contributed by atoms with E-state index in [2.05, 4.69) is 26.5 Å². The van der Waals surface area contributed by atoms with Crippen LogP contribution in [-0.4, -0.2) is 57.6 Å². The summed E-state index contributed by atoms with van der Waals surface area (Å²) in [7, 11) is 0. The molecule has 2 aromatic carbocycles. The first kappa shape index (κ1) is 25.1. The molecule has 4 heterocycles. The molecule has 39 heavy (non-hydrogen) atoms. The highest BCUT2D eigenvalue weighted by Gasteiger charge is 2.21. The Hall–Kier alpha value is -4.16. The Bertz CT molecular complexity index is 1640. The molecule has 0 bridgehead atoms. The first-order valence-corrected chi connectivity index (χ1v) is 13.5.